The molecule has 0 unspecified atom stereocenters. The molecule has 1 heterocycles. The lowest BCUT2D eigenvalue weighted by Gasteiger charge is -2.34. The predicted molar refractivity (Wildman–Crippen MR) is 114 cm³/mol. The zero-order valence-electron chi connectivity index (χ0n) is 17.7. The van der Waals surface area contributed by atoms with Crippen molar-refractivity contribution >= 4 is 5.91 Å². The number of rotatable bonds is 9. The molecule has 1 fully saturated rings. The van der Waals surface area contributed by atoms with Crippen LogP contribution in [0.25, 0.3) is 0 Å². The van der Waals surface area contributed by atoms with Crippen LogP contribution in [0.5, 0.6) is 11.5 Å². The molecule has 1 saturated heterocycles. The molecule has 0 atom stereocenters. The second kappa shape index (κ2) is 10.9. The van der Waals surface area contributed by atoms with Gasteiger partial charge in [-0.05, 0) is 42.3 Å². The Morgan fingerprint density at radius 3 is 2.57 bits per heavy atom. The molecule has 6 nitrogen and oxygen atoms in total. The average Bonchev–Trinajstić information content (AvgIpc) is 2.73. The Hall–Kier alpha value is -2.64. The lowest BCUT2D eigenvalue weighted by atomic mass is 10.2. The first-order valence-electron chi connectivity index (χ1n) is 10.3. The summed E-state index contributed by atoms with van der Waals surface area (Å²) in [5.41, 5.74) is 2.07. The second-order valence-corrected chi connectivity index (χ2v) is 7.54. The first-order valence-corrected chi connectivity index (χ1v) is 10.3. The summed E-state index contributed by atoms with van der Waals surface area (Å²) in [5, 5.41) is 2.91. The highest BCUT2D eigenvalue weighted by Crippen LogP contribution is 2.19. The Morgan fingerprint density at radius 2 is 1.87 bits per heavy atom. The van der Waals surface area contributed by atoms with Crippen LogP contribution in [-0.4, -0.2) is 68.7 Å². The van der Waals surface area contributed by atoms with Crippen LogP contribution in [-0.2, 0) is 11.3 Å². The minimum absolute atomic E-state index is 0.00789. The molecule has 162 valence electrons. The number of nitrogens with one attached hydrogen (secondary N) is 1. The second-order valence-electron chi connectivity index (χ2n) is 7.54. The zero-order valence-corrected chi connectivity index (χ0v) is 17.7. The van der Waals surface area contributed by atoms with Crippen molar-refractivity contribution in [2.45, 2.75) is 13.5 Å². The van der Waals surface area contributed by atoms with E-state index in [-0.39, 0.29) is 17.5 Å². The summed E-state index contributed by atoms with van der Waals surface area (Å²) >= 11 is 0. The van der Waals surface area contributed by atoms with Gasteiger partial charge in [0.15, 0.2) is 11.6 Å². The minimum atomic E-state index is -0.336. The molecule has 30 heavy (non-hydrogen) atoms. The van der Waals surface area contributed by atoms with E-state index in [1.807, 2.05) is 37.3 Å². The van der Waals surface area contributed by atoms with E-state index >= 15 is 0 Å². The molecule has 2 aromatic carbocycles. The highest BCUT2D eigenvalue weighted by molar-refractivity contribution is 5.78. The van der Waals surface area contributed by atoms with Crippen molar-refractivity contribution < 1.29 is 18.7 Å². The molecule has 1 aliphatic heterocycles. The number of piperazine rings is 1. The third-order valence-corrected chi connectivity index (χ3v) is 5.14. The fourth-order valence-electron chi connectivity index (χ4n) is 3.50. The number of amides is 1. The number of hydrogen-bond donors (Lipinski definition) is 1. The van der Waals surface area contributed by atoms with Crippen molar-refractivity contribution in [3.05, 3.63) is 59.4 Å². The molecule has 1 amide bonds. The van der Waals surface area contributed by atoms with Gasteiger partial charge in [0.05, 0.1) is 20.2 Å². The van der Waals surface area contributed by atoms with Gasteiger partial charge >= 0.3 is 0 Å². The van der Waals surface area contributed by atoms with Crippen molar-refractivity contribution in [1.29, 1.82) is 0 Å². The van der Waals surface area contributed by atoms with Crippen LogP contribution >= 0.6 is 0 Å². The number of carbonyl (C=O) groups is 1. The van der Waals surface area contributed by atoms with Crippen molar-refractivity contribution in [2.75, 3.05) is 53.0 Å². The molecule has 3 rings (SSSR count). The minimum Gasteiger partial charge on any atom is -0.494 e. The monoisotopic (exact) mass is 415 g/mol. The maximum atomic E-state index is 13.8. The van der Waals surface area contributed by atoms with Gasteiger partial charge in [0.25, 0.3) is 0 Å². The molecule has 1 N–H and O–H groups in total. The molecule has 0 aromatic heterocycles. The van der Waals surface area contributed by atoms with Gasteiger partial charge in [-0.3, -0.25) is 14.6 Å². The van der Waals surface area contributed by atoms with E-state index in [1.54, 1.807) is 6.07 Å². The van der Waals surface area contributed by atoms with E-state index in [4.69, 9.17) is 9.47 Å². The molecule has 2 aromatic rings. The molecule has 0 aliphatic carbocycles. The largest absolute Gasteiger partial charge is 0.494 e. The van der Waals surface area contributed by atoms with Crippen LogP contribution in [0.1, 0.15) is 11.1 Å². The first kappa shape index (κ1) is 22.1. The Labute approximate surface area is 177 Å². The van der Waals surface area contributed by atoms with Gasteiger partial charge in [0.1, 0.15) is 12.4 Å². The smallest absolute Gasteiger partial charge is 0.234 e. The fraction of sp³-hybridized carbons (Fsp3) is 0.435. The third kappa shape index (κ3) is 6.71. The highest BCUT2D eigenvalue weighted by atomic mass is 19.1. The van der Waals surface area contributed by atoms with Gasteiger partial charge in [0.2, 0.25) is 5.91 Å². The van der Waals surface area contributed by atoms with E-state index < -0.39 is 0 Å². The molecule has 7 heteroatoms. The maximum Gasteiger partial charge on any atom is 0.234 e. The zero-order chi connectivity index (χ0) is 21.3. The van der Waals surface area contributed by atoms with Crippen molar-refractivity contribution in [3.8, 4) is 11.5 Å². The SMILES string of the molecule is COc1ccc(CN2CCN(CC(=O)NCCOc3cccc(C)c3)CC2)cc1F. The summed E-state index contributed by atoms with van der Waals surface area (Å²) in [4.78, 5) is 16.6. The third-order valence-electron chi connectivity index (χ3n) is 5.14. The molecule has 0 radical (unpaired) electrons. The summed E-state index contributed by atoms with van der Waals surface area (Å²) in [6.45, 7) is 7.33. The van der Waals surface area contributed by atoms with Crippen LogP contribution in [0.4, 0.5) is 4.39 Å². The molecule has 0 spiro atoms. The quantitative estimate of drug-likeness (QED) is 0.638. The van der Waals surface area contributed by atoms with E-state index in [9.17, 15) is 9.18 Å². The lowest BCUT2D eigenvalue weighted by Crippen LogP contribution is -2.49. The summed E-state index contributed by atoms with van der Waals surface area (Å²) in [6.07, 6.45) is 0. The number of halogens is 1. The van der Waals surface area contributed by atoms with Gasteiger partial charge in [-0.2, -0.15) is 0 Å². The Bertz CT molecular complexity index is 838. The molecule has 0 bridgehead atoms. The fourth-order valence-corrected chi connectivity index (χ4v) is 3.50. The van der Waals surface area contributed by atoms with Gasteiger partial charge in [-0.25, -0.2) is 4.39 Å². The van der Waals surface area contributed by atoms with Gasteiger partial charge < -0.3 is 14.8 Å². The summed E-state index contributed by atoms with van der Waals surface area (Å²) in [7, 11) is 1.46. The molecular formula is C23H30FN3O3. The standard InChI is InChI=1S/C23H30FN3O3/c1-18-4-3-5-20(14-18)30-13-8-25-23(28)17-27-11-9-26(10-12-27)16-19-6-7-22(29-2)21(24)15-19/h3-7,14-15H,8-13,16-17H2,1-2H3,(H,25,28). The van der Waals surface area contributed by atoms with Crippen LogP contribution < -0.4 is 14.8 Å². The van der Waals surface area contributed by atoms with E-state index in [0.717, 1.165) is 43.1 Å². The summed E-state index contributed by atoms with van der Waals surface area (Å²) < 4.78 is 24.5. The number of aryl methyl sites for hydroxylation is 1. The lowest BCUT2D eigenvalue weighted by molar-refractivity contribution is -0.122. The highest BCUT2D eigenvalue weighted by Gasteiger charge is 2.19. The van der Waals surface area contributed by atoms with E-state index in [1.165, 1.54) is 13.2 Å². The van der Waals surface area contributed by atoms with Crippen LogP contribution in [0.3, 0.4) is 0 Å². The number of benzene rings is 2. The van der Waals surface area contributed by atoms with Crippen molar-refractivity contribution in [3.63, 3.8) is 0 Å². The molecule has 0 saturated carbocycles. The Balaban J connectivity index is 1.32. The van der Waals surface area contributed by atoms with E-state index in [2.05, 4.69) is 15.1 Å². The van der Waals surface area contributed by atoms with Crippen molar-refractivity contribution in [2.24, 2.45) is 0 Å². The number of hydrogen-bond acceptors (Lipinski definition) is 5. The topological polar surface area (TPSA) is 54.0 Å². The van der Waals surface area contributed by atoms with Crippen LogP contribution in [0.2, 0.25) is 0 Å². The van der Waals surface area contributed by atoms with Crippen LogP contribution in [0.15, 0.2) is 42.5 Å². The number of nitrogens with zero attached hydrogens (tertiary/aromatic N) is 2. The summed E-state index contributed by atoms with van der Waals surface area (Å²) in [5.74, 6) is 0.751. The Kier molecular flexibility index (Phi) is 8.04. The van der Waals surface area contributed by atoms with Gasteiger partial charge in [-0.15, -0.1) is 0 Å². The Morgan fingerprint density at radius 1 is 1.10 bits per heavy atom. The average molecular weight is 416 g/mol. The number of methoxy groups -OCH3 is 1. The van der Waals surface area contributed by atoms with Gasteiger partial charge in [-0.1, -0.05) is 18.2 Å². The number of carbonyl (C=O) groups excluding carboxylic acids is 1. The molecule has 1 aliphatic rings. The van der Waals surface area contributed by atoms with Crippen molar-refractivity contribution in [1.82, 2.24) is 15.1 Å². The summed E-state index contributed by atoms with van der Waals surface area (Å²) in [6, 6.07) is 12.9. The van der Waals surface area contributed by atoms with Crippen LogP contribution in [0, 0.1) is 12.7 Å². The number of ether oxygens (including phenoxy) is 2. The van der Waals surface area contributed by atoms with Gasteiger partial charge in [0, 0.05) is 32.7 Å². The maximum absolute atomic E-state index is 13.8. The van der Waals surface area contributed by atoms with E-state index in [0.29, 0.717) is 26.2 Å². The first-order chi connectivity index (χ1) is 14.5. The normalized spacial score (nSPS) is 15.0. The molecular weight excluding hydrogens is 385 g/mol. The predicted octanol–water partition coefficient (Wildman–Crippen LogP) is 2.46.